The van der Waals surface area contributed by atoms with Crippen molar-refractivity contribution in [2.75, 3.05) is 33.7 Å². The van der Waals surface area contributed by atoms with Crippen LogP contribution >= 0.6 is 27.3 Å². The van der Waals surface area contributed by atoms with E-state index in [1.165, 1.54) is 11.3 Å². The standard InChI is InChI=1S/C12H22BrN3O2S2/c1-4-14-9-10-8-11(12(13)19-10)20(17,18)15-6-5-7-16(2)3/h8,14-15H,4-7,9H2,1-3H3. The number of sulfonamides is 1. The van der Waals surface area contributed by atoms with Crippen LogP contribution in [0.2, 0.25) is 0 Å². The molecule has 0 unspecified atom stereocenters. The zero-order valence-electron chi connectivity index (χ0n) is 12.1. The molecule has 0 saturated carbocycles. The number of hydrogen-bond donors (Lipinski definition) is 2. The van der Waals surface area contributed by atoms with Crippen molar-refractivity contribution in [2.24, 2.45) is 0 Å². The lowest BCUT2D eigenvalue weighted by atomic mass is 10.4. The molecule has 0 aliphatic rings. The van der Waals surface area contributed by atoms with Crippen LogP contribution in [-0.4, -0.2) is 47.0 Å². The van der Waals surface area contributed by atoms with Crippen LogP contribution < -0.4 is 10.0 Å². The minimum Gasteiger partial charge on any atom is -0.312 e. The molecule has 0 saturated heterocycles. The average Bonchev–Trinajstić information content (AvgIpc) is 2.74. The Balaban J connectivity index is 2.64. The third-order valence-electron chi connectivity index (χ3n) is 2.62. The molecule has 0 aliphatic heterocycles. The minimum atomic E-state index is -3.43. The van der Waals surface area contributed by atoms with Crippen LogP contribution in [0.1, 0.15) is 18.2 Å². The predicted octanol–water partition coefficient (Wildman–Crippen LogP) is 1.85. The molecule has 1 heterocycles. The summed E-state index contributed by atoms with van der Waals surface area (Å²) in [6, 6.07) is 1.73. The van der Waals surface area contributed by atoms with Gasteiger partial charge in [0.1, 0.15) is 4.90 Å². The molecular formula is C12H22BrN3O2S2. The number of thiophene rings is 1. The van der Waals surface area contributed by atoms with Gasteiger partial charge in [-0.3, -0.25) is 0 Å². The first-order valence-electron chi connectivity index (χ1n) is 6.50. The molecule has 0 radical (unpaired) electrons. The number of rotatable bonds is 9. The number of nitrogens with one attached hydrogen (secondary N) is 2. The Kier molecular flexibility index (Phi) is 7.63. The van der Waals surface area contributed by atoms with Crippen LogP contribution in [0.3, 0.4) is 0 Å². The molecule has 0 bridgehead atoms. The summed E-state index contributed by atoms with van der Waals surface area (Å²) in [5.74, 6) is 0. The van der Waals surface area contributed by atoms with Gasteiger partial charge in [0.2, 0.25) is 10.0 Å². The summed E-state index contributed by atoms with van der Waals surface area (Å²) in [5.41, 5.74) is 0. The molecule has 1 aromatic heterocycles. The van der Waals surface area contributed by atoms with E-state index in [0.717, 1.165) is 24.4 Å². The van der Waals surface area contributed by atoms with Crippen molar-refractivity contribution < 1.29 is 8.42 Å². The van der Waals surface area contributed by atoms with Crippen molar-refractivity contribution in [1.29, 1.82) is 0 Å². The number of halogens is 1. The summed E-state index contributed by atoms with van der Waals surface area (Å²) in [4.78, 5) is 3.37. The number of hydrogen-bond acceptors (Lipinski definition) is 5. The Labute approximate surface area is 133 Å². The van der Waals surface area contributed by atoms with Crippen molar-refractivity contribution in [1.82, 2.24) is 14.9 Å². The maximum Gasteiger partial charge on any atom is 0.242 e. The van der Waals surface area contributed by atoms with Gasteiger partial charge in [0.15, 0.2) is 0 Å². The highest BCUT2D eigenvalue weighted by atomic mass is 79.9. The van der Waals surface area contributed by atoms with Crippen LogP contribution in [0.5, 0.6) is 0 Å². The van der Waals surface area contributed by atoms with Gasteiger partial charge in [0.05, 0.1) is 3.79 Å². The molecule has 116 valence electrons. The molecule has 0 spiro atoms. The fourth-order valence-corrected chi connectivity index (χ4v) is 5.32. The first kappa shape index (κ1) is 18.1. The monoisotopic (exact) mass is 383 g/mol. The second-order valence-electron chi connectivity index (χ2n) is 4.69. The summed E-state index contributed by atoms with van der Waals surface area (Å²) >= 11 is 4.79. The molecule has 5 nitrogen and oxygen atoms in total. The van der Waals surface area contributed by atoms with Crippen molar-refractivity contribution in [3.63, 3.8) is 0 Å². The van der Waals surface area contributed by atoms with E-state index >= 15 is 0 Å². The van der Waals surface area contributed by atoms with Gasteiger partial charge in [-0.25, -0.2) is 13.1 Å². The Bertz CT molecular complexity index is 515. The van der Waals surface area contributed by atoms with Crippen molar-refractivity contribution in [3.8, 4) is 0 Å². The smallest absolute Gasteiger partial charge is 0.242 e. The summed E-state index contributed by atoms with van der Waals surface area (Å²) in [6.07, 6.45) is 0.790. The quantitative estimate of drug-likeness (QED) is 0.638. The minimum absolute atomic E-state index is 0.334. The van der Waals surface area contributed by atoms with Crippen molar-refractivity contribution in [2.45, 2.75) is 24.8 Å². The van der Waals surface area contributed by atoms with E-state index in [1.807, 2.05) is 25.9 Å². The molecule has 0 aromatic carbocycles. The van der Waals surface area contributed by atoms with Crippen LogP contribution in [0.4, 0.5) is 0 Å². The SMILES string of the molecule is CCNCc1cc(S(=O)(=O)NCCCN(C)C)c(Br)s1. The first-order valence-corrected chi connectivity index (χ1v) is 9.59. The second kappa shape index (κ2) is 8.45. The molecule has 0 aliphatic carbocycles. The van der Waals surface area contributed by atoms with Crippen molar-refractivity contribution in [3.05, 3.63) is 14.7 Å². The van der Waals surface area contributed by atoms with E-state index in [2.05, 4.69) is 26.0 Å². The van der Waals surface area contributed by atoms with Gasteiger partial charge in [0.25, 0.3) is 0 Å². The van der Waals surface area contributed by atoms with Crippen LogP contribution in [0, 0.1) is 0 Å². The second-order valence-corrected chi connectivity index (χ2v) is 8.88. The highest BCUT2D eigenvalue weighted by Gasteiger charge is 2.20. The Hall–Kier alpha value is 0.01000. The third-order valence-corrected chi connectivity index (χ3v) is 6.33. The van der Waals surface area contributed by atoms with E-state index in [4.69, 9.17) is 0 Å². The lowest BCUT2D eigenvalue weighted by Crippen LogP contribution is -2.27. The molecule has 2 N–H and O–H groups in total. The fraction of sp³-hybridized carbons (Fsp3) is 0.667. The van der Waals surface area contributed by atoms with Gasteiger partial charge in [-0.2, -0.15) is 0 Å². The van der Waals surface area contributed by atoms with Gasteiger partial charge in [0, 0.05) is 18.0 Å². The van der Waals surface area contributed by atoms with Crippen LogP contribution in [-0.2, 0) is 16.6 Å². The van der Waals surface area contributed by atoms with E-state index in [1.54, 1.807) is 6.07 Å². The zero-order valence-corrected chi connectivity index (χ0v) is 15.3. The Morgan fingerprint density at radius 3 is 2.70 bits per heavy atom. The Morgan fingerprint density at radius 2 is 2.10 bits per heavy atom. The molecule has 8 heteroatoms. The largest absolute Gasteiger partial charge is 0.312 e. The summed E-state index contributed by atoms with van der Waals surface area (Å²) in [6.45, 7) is 4.88. The summed E-state index contributed by atoms with van der Waals surface area (Å²) in [5, 5.41) is 3.19. The van der Waals surface area contributed by atoms with Crippen molar-refractivity contribution >= 4 is 37.3 Å². The maximum absolute atomic E-state index is 12.2. The summed E-state index contributed by atoms with van der Waals surface area (Å²) < 4.78 is 27.7. The van der Waals surface area contributed by atoms with E-state index < -0.39 is 10.0 Å². The molecule has 1 aromatic rings. The zero-order chi connectivity index (χ0) is 15.2. The molecule has 20 heavy (non-hydrogen) atoms. The Morgan fingerprint density at radius 1 is 1.40 bits per heavy atom. The highest BCUT2D eigenvalue weighted by Crippen LogP contribution is 2.31. The molecule has 0 amide bonds. The fourth-order valence-electron chi connectivity index (χ4n) is 1.60. The number of nitrogens with zero attached hydrogens (tertiary/aromatic N) is 1. The predicted molar refractivity (Wildman–Crippen MR) is 87.8 cm³/mol. The molecule has 0 fully saturated rings. The highest BCUT2D eigenvalue weighted by molar-refractivity contribution is 9.11. The average molecular weight is 384 g/mol. The van der Waals surface area contributed by atoms with Gasteiger partial charge in [-0.05, 0) is 55.6 Å². The lowest BCUT2D eigenvalue weighted by molar-refractivity contribution is 0.400. The van der Waals surface area contributed by atoms with E-state index in [0.29, 0.717) is 21.8 Å². The van der Waals surface area contributed by atoms with Gasteiger partial charge in [-0.15, -0.1) is 11.3 Å². The lowest BCUT2D eigenvalue weighted by Gasteiger charge is -2.10. The molecule has 1 rings (SSSR count). The summed E-state index contributed by atoms with van der Waals surface area (Å²) in [7, 11) is 0.513. The van der Waals surface area contributed by atoms with Gasteiger partial charge < -0.3 is 10.2 Å². The van der Waals surface area contributed by atoms with Crippen LogP contribution in [0.15, 0.2) is 14.7 Å². The van der Waals surface area contributed by atoms with Gasteiger partial charge in [-0.1, -0.05) is 6.92 Å². The van der Waals surface area contributed by atoms with E-state index in [-0.39, 0.29) is 0 Å². The maximum atomic E-state index is 12.2. The van der Waals surface area contributed by atoms with Crippen LogP contribution in [0.25, 0.3) is 0 Å². The first-order chi connectivity index (χ1) is 9.36. The molecule has 0 atom stereocenters. The molecular weight excluding hydrogens is 362 g/mol. The topological polar surface area (TPSA) is 61.4 Å². The normalized spacial score (nSPS) is 12.2. The van der Waals surface area contributed by atoms with Gasteiger partial charge >= 0.3 is 0 Å². The third kappa shape index (κ3) is 5.79. The van der Waals surface area contributed by atoms with E-state index in [9.17, 15) is 8.42 Å².